The van der Waals surface area contributed by atoms with Crippen LogP contribution in [0.5, 0.6) is 5.75 Å². The van der Waals surface area contributed by atoms with Gasteiger partial charge in [-0.15, -0.1) is 11.8 Å². The fraction of sp³-hybridized carbons (Fsp3) is 0.222. The van der Waals surface area contributed by atoms with Crippen LogP contribution < -0.4 is 10.1 Å². The first-order chi connectivity index (χ1) is 11.7. The van der Waals surface area contributed by atoms with E-state index >= 15 is 0 Å². The summed E-state index contributed by atoms with van der Waals surface area (Å²) in [5.74, 6) is 0.105. The fourth-order valence-corrected chi connectivity index (χ4v) is 2.66. The van der Waals surface area contributed by atoms with Gasteiger partial charge in [-0.3, -0.25) is 9.59 Å². The van der Waals surface area contributed by atoms with E-state index in [-0.39, 0.29) is 18.3 Å². The SMILES string of the molecule is COc1ccccc1CNC(=O)COC(=O)CSc1ccccc1. The van der Waals surface area contributed by atoms with Gasteiger partial charge in [-0.05, 0) is 18.2 Å². The molecule has 0 unspecified atom stereocenters. The van der Waals surface area contributed by atoms with E-state index in [9.17, 15) is 9.59 Å². The average Bonchev–Trinajstić information content (AvgIpc) is 2.64. The second kappa shape index (κ2) is 9.62. The van der Waals surface area contributed by atoms with Crippen molar-refractivity contribution in [1.29, 1.82) is 0 Å². The highest BCUT2D eigenvalue weighted by Crippen LogP contribution is 2.17. The van der Waals surface area contributed by atoms with Gasteiger partial charge in [0.05, 0.1) is 12.9 Å². The molecule has 2 aromatic rings. The van der Waals surface area contributed by atoms with E-state index in [1.54, 1.807) is 7.11 Å². The quantitative estimate of drug-likeness (QED) is 0.589. The summed E-state index contributed by atoms with van der Waals surface area (Å²) in [6.07, 6.45) is 0. The predicted molar refractivity (Wildman–Crippen MR) is 93.0 cm³/mol. The molecule has 1 amide bonds. The fourth-order valence-electron chi connectivity index (χ4n) is 1.94. The van der Waals surface area contributed by atoms with Gasteiger partial charge >= 0.3 is 5.97 Å². The van der Waals surface area contributed by atoms with Gasteiger partial charge in [0.2, 0.25) is 0 Å². The maximum Gasteiger partial charge on any atom is 0.316 e. The van der Waals surface area contributed by atoms with Crippen LogP contribution in [0.3, 0.4) is 0 Å². The molecule has 126 valence electrons. The lowest BCUT2D eigenvalue weighted by atomic mass is 10.2. The van der Waals surface area contributed by atoms with Gasteiger partial charge in [0.1, 0.15) is 5.75 Å². The number of carbonyl (C=O) groups excluding carboxylic acids is 2. The second-order valence-corrected chi connectivity index (χ2v) is 5.90. The van der Waals surface area contributed by atoms with Crippen LogP contribution in [0.4, 0.5) is 0 Å². The Morgan fingerprint density at radius 1 is 1.04 bits per heavy atom. The number of methoxy groups -OCH3 is 1. The van der Waals surface area contributed by atoms with Gasteiger partial charge in [0.15, 0.2) is 6.61 Å². The minimum atomic E-state index is -0.420. The molecular formula is C18H19NO4S. The third-order valence-electron chi connectivity index (χ3n) is 3.13. The Balaban J connectivity index is 1.68. The molecule has 0 atom stereocenters. The van der Waals surface area contributed by atoms with Gasteiger partial charge in [-0.1, -0.05) is 36.4 Å². The van der Waals surface area contributed by atoms with E-state index in [2.05, 4.69) is 5.32 Å². The van der Waals surface area contributed by atoms with E-state index < -0.39 is 5.97 Å². The lowest BCUT2D eigenvalue weighted by Gasteiger charge is -2.09. The lowest BCUT2D eigenvalue weighted by molar-refractivity contribution is -0.145. The lowest BCUT2D eigenvalue weighted by Crippen LogP contribution is -2.28. The molecule has 1 N–H and O–H groups in total. The molecular weight excluding hydrogens is 326 g/mol. The zero-order valence-corrected chi connectivity index (χ0v) is 14.2. The van der Waals surface area contributed by atoms with Gasteiger partial charge < -0.3 is 14.8 Å². The summed E-state index contributed by atoms with van der Waals surface area (Å²) < 4.78 is 10.2. The molecule has 2 aromatic carbocycles. The van der Waals surface area contributed by atoms with E-state index in [0.717, 1.165) is 10.5 Å². The third kappa shape index (κ3) is 5.96. The van der Waals surface area contributed by atoms with Crippen LogP contribution in [-0.4, -0.2) is 31.3 Å². The monoisotopic (exact) mass is 345 g/mol. The normalized spacial score (nSPS) is 10.0. The highest BCUT2D eigenvalue weighted by Gasteiger charge is 2.09. The first-order valence-electron chi connectivity index (χ1n) is 7.41. The van der Waals surface area contributed by atoms with Gasteiger partial charge in [0, 0.05) is 17.0 Å². The number of para-hydroxylation sites is 1. The molecule has 0 radical (unpaired) electrons. The van der Waals surface area contributed by atoms with Crippen molar-refractivity contribution in [3.05, 3.63) is 60.2 Å². The standard InChI is InChI=1S/C18H19NO4S/c1-22-16-10-6-5-7-14(16)11-19-17(20)12-23-18(21)13-24-15-8-3-2-4-9-15/h2-10H,11-13H2,1H3,(H,19,20). The number of benzene rings is 2. The summed E-state index contributed by atoms with van der Waals surface area (Å²) in [5, 5.41) is 2.70. The molecule has 0 saturated heterocycles. The highest BCUT2D eigenvalue weighted by molar-refractivity contribution is 8.00. The van der Waals surface area contributed by atoms with Crippen LogP contribution in [0.15, 0.2) is 59.5 Å². The van der Waals surface area contributed by atoms with E-state index in [0.29, 0.717) is 12.3 Å². The molecule has 0 aromatic heterocycles. The average molecular weight is 345 g/mol. The van der Waals surface area contributed by atoms with Crippen LogP contribution in [0.25, 0.3) is 0 Å². The molecule has 2 rings (SSSR count). The third-order valence-corrected chi connectivity index (χ3v) is 4.12. The largest absolute Gasteiger partial charge is 0.496 e. The number of thioether (sulfide) groups is 1. The molecule has 0 heterocycles. The van der Waals surface area contributed by atoms with Crippen molar-refractivity contribution in [2.45, 2.75) is 11.4 Å². The Hall–Kier alpha value is -2.47. The number of carbonyl (C=O) groups is 2. The Morgan fingerprint density at radius 2 is 1.75 bits per heavy atom. The van der Waals surface area contributed by atoms with E-state index in [1.807, 2.05) is 54.6 Å². The van der Waals surface area contributed by atoms with Crippen molar-refractivity contribution in [2.75, 3.05) is 19.5 Å². The topological polar surface area (TPSA) is 64.6 Å². The molecule has 0 spiro atoms. The highest BCUT2D eigenvalue weighted by atomic mass is 32.2. The Kier molecular flexibility index (Phi) is 7.17. The zero-order valence-electron chi connectivity index (χ0n) is 13.4. The molecule has 0 fully saturated rings. The molecule has 0 bridgehead atoms. The minimum absolute atomic E-state index is 0.170. The van der Waals surface area contributed by atoms with Gasteiger partial charge in [-0.2, -0.15) is 0 Å². The maximum absolute atomic E-state index is 11.8. The van der Waals surface area contributed by atoms with Crippen LogP contribution in [-0.2, 0) is 20.9 Å². The van der Waals surface area contributed by atoms with E-state index in [4.69, 9.17) is 9.47 Å². The number of amides is 1. The summed E-state index contributed by atoms with van der Waals surface area (Å²) in [6.45, 7) is 0.0303. The van der Waals surface area contributed by atoms with Crippen molar-refractivity contribution >= 4 is 23.6 Å². The van der Waals surface area contributed by atoms with E-state index in [1.165, 1.54) is 11.8 Å². The summed E-state index contributed by atoms with van der Waals surface area (Å²) in [7, 11) is 1.58. The van der Waals surface area contributed by atoms with Crippen LogP contribution >= 0.6 is 11.8 Å². The number of nitrogens with one attached hydrogen (secondary N) is 1. The first kappa shape index (κ1) is 17.9. The molecule has 0 aliphatic rings. The van der Waals surface area contributed by atoms with Crippen molar-refractivity contribution < 1.29 is 19.1 Å². The number of rotatable bonds is 8. The summed E-state index contributed by atoms with van der Waals surface area (Å²) in [5.41, 5.74) is 0.860. The van der Waals surface area contributed by atoms with Crippen molar-refractivity contribution in [1.82, 2.24) is 5.32 Å². The molecule has 24 heavy (non-hydrogen) atoms. The molecule has 0 aliphatic heterocycles. The second-order valence-electron chi connectivity index (χ2n) is 4.85. The summed E-state index contributed by atoms with van der Waals surface area (Å²) in [6, 6.07) is 17.0. The minimum Gasteiger partial charge on any atom is -0.496 e. The van der Waals surface area contributed by atoms with Crippen LogP contribution in [0.2, 0.25) is 0 Å². The number of hydrogen-bond acceptors (Lipinski definition) is 5. The smallest absolute Gasteiger partial charge is 0.316 e. The number of esters is 1. The predicted octanol–water partition coefficient (Wildman–Crippen LogP) is 2.65. The zero-order chi connectivity index (χ0) is 17.2. The maximum atomic E-state index is 11.8. The Labute approximate surface area is 145 Å². The van der Waals surface area contributed by atoms with Gasteiger partial charge in [-0.25, -0.2) is 0 Å². The number of ether oxygens (including phenoxy) is 2. The summed E-state index contributed by atoms with van der Waals surface area (Å²) >= 11 is 1.37. The van der Waals surface area contributed by atoms with Crippen LogP contribution in [0.1, 0.15) is 5.56 Å². The first-order valence-corrected chi connectivity index (χ1v) is 8.39. The van der Waals surface area contributed by atoms with Crippen molar-refractivity contribution in [3.63, 3.8) is 0 Å². The van der Waals surface area contributed by atoms with Crippen LogP contribution in [0, 0.1) is 0 Å². The van der Waals surface area contributed by atoms with Crippen molar-refractivity contribution in [2.24, 2.45) is 0 Å². The molecule has 6 heteroatoms. The Bertz CT molecular complexity index is 676. The summed E-state index contributed by atoms with van der Waals surface area (Å²) in [4.78, 5) is 24.4. The van der Waals surface area contributed by atoms with Gasteiger partial charge in [0.25, 0.3) is 5.91 Å². The molecule has 0 saturated carbocycles. The van der Waals surface area contributed by atoms with Crippen molar-refractivity contribution in [3.8, 4) is 5.75 Å². The number of hydrogen-bond donors (Lipinski definition) is 1. The molecule has 5 nitrogen and oxygen atoms in total. The molecule has 0 aliphatic carbocycles. The Morgan fingerprint density at radius 3 is 2.50 bits per heavy atom.